The molecule has 4 heterocycles. The second-order valence-corrected chi connectivity index (χ2v) is 5.28. The van der Waals surface area contributed by atoms with Crippen LogP contribution in [0.5, 0.6) is 0 Å². The minimum absolute atomic E-state index is 0.835. The fourth-order valence-electron chi connectivity index (χ4n) is 2.61. The van der Waals surface area contributed by atoms with Gasteiger partial charge in [0.2, 0.25) is 0 Å². The summed E-state index contributed by atoms with van der Waals surface area (Å²) < 4.78 is 0. The highest BCUT2D eigenvalue weighted by Gasteiger charge is 2.12. The van der Waals surface area contributed by atoms with E-state index in [0.29, 0.717) is 0 Å². The highest BCUT2D eigenvalue weighted by atomic mass is 14.8. The molecule has 4 rings (SSSR count). The van der Waals surface area contributed by atoms with Crippen LogP contribution in [0.3, 0.4) is 0 Å². The third-order valence-corrected chi connectivity index (χ3v) is 3.76. The van der Waals surface area contributed by atoms with Crippen molar-refractivity contribution in [1.29, 1.82) is 0 Å². The second kappa shape index (κ2) is 6.38. The molecule has 0 amide bonds. The van der Waals surface area contributed by atoms with Crippen LogP contribution in [0, 0.1) is 0 Å². The minimum Gasteiger partial charge on any atom is -0.265 e. The molecule has 24 heavy (non-hydrogen) atoms. The van der Waals surface area contributed by atoms with Gasteiger partial charge in [-0.3, -0.25) is 19.9 Å². The van der Waals surface area contributed by atoms with E-state index in [-0.39, 0.29) is 0 Å². The molecule has 4 aromatic rings. The maximum absolute atomic E-state index is 4.59. The Morgan fingerprint density at radius 1 is 0.542 bits per heavy atom. The molecule has 0 saturated carbocycles. The van der Waals surface area contributed by atoms with Crippen LogP contribution in [0.2, 0.25) is 0 Å². The molecule has 0 spiro atoms. The van der Waals surface area contributed by atoms with E-state index in [1.54, 1.807) is 24.8 Å². The van der Waals surface area contributed by atoms with Gasteiger partial charge in [-0.1, -0.05) is 12.1 Å². The molecule has 4 heteroatoms. The van der Waals surface area contributed by atoms with Crippen molar-refractivity contribution in [3.8, 4) is 33.8 Å². The van der Waals surface area contributed by atoms with E-state index in [9.17, 15) is 0 Å². The maximum atomic E-state index is 4.59. The third kappa shape index (κ3) is 2.77. The van der Waals surface area contributed by atoms with Crippen LogP contribution < -0.4 is 0 Å². The molecule has 0 bridgehead atoms. The SMILES string of the molecule is c1ccc(-c2cc(-c3ccncc3)c(-c3ccccn3)cn2)nc1. The Bertz CT molecular complexity index is 939. The predicted molar refractivity (Wildman–Crippen MR) is 93.9 cm³/mol. The van der Waals surface area contributed by atoms with Gasteiger partial charge in [0, 0.05) is 36.5 Å². The van der Waals surface area contributed by atoms with E-state index in [2.05, 4.69) is 26.0 Å². The number of aromatic nitrogens is 4. The Hall–Kier alpha value is -3.40. The number of hydrogen-bond acceptors (Lipinski definition) is 4. The standard InChI is InChI=1S/C20H14N4/c1-3-9-22-18(5-1)17-14-24-20(19-6-2-4-10-23-19)13-16(17)15-7-11-21-12-8-15/h1-14H. The molecule has 0 unspecified atom stereocenters. The molecule has 114 valence electrons. The molecule has 0 aliphatic carbocycles. The average Bonchev–Trinajstić information content (AvgIpc) is 2.69. The van der Waals surface area contributed by atoms with Crippen molar-refractivity contribution in [2.24, 2.45) is 0 Å². The summed E-state index contributed by atoms with van der Waals surface area (Å²) in [7, 11) is 0. The van der Waals surface area contributed by atoms with Crippen molar-refractivity contribution in [2.75, 3.05) is 0 Å². The fourth-order valence-corrected chi connectivity index (χ4v) is 2.61. The summed E-state index contributed by atoms with van der Waals surface area (Å²) in [6.07, 6.45) is 9.01. The van der Waals surface area contributed by atoms with E-state index in [1.807, 2.05) is 54.7 Å². The Morgan fingerprint density at radius 3 is 1.92 bits per heavy atom. The average molecular weight is 310 g/mol. The topological polar surface area (TPSA) is 51.6 Å². The molecule has 0 N–H and O–H groups in total. The largest absolute Gasteiger partial charge is 0.265 e. The highest BCUT2D eigenvalue weighted by Crippen LogP contribution is 2.32. The van der Waals surface area contributed by atoms with Crippen LogP contribution in [0.15, 0.2) is 85.6 Å². The maximum Gasteiger partial charge on any atom is 0.0892 e. The lowest BCUT2D eigenvalue weighted by molar-refractivity contribution is 1.23. The zero-order valence-corrected chi connectivity index (χ0v) is 12.9. The Balaban J connectivity index is 1.92. The molecular formula is C20H14N4. The van der Waals surface area contributed by atoms with E-state index in [4.69, 9.17) is 0 Å². The van der Waals surface area contributed by atoms with Gasteiger partial charge in [-0.05, 0) is 53.6 Å². The first-order valence-electron chi connectivity index (χ1n) is 7.65. The molecule has 4 nitrogen and oxygen atoms in total. The highest BCUT2D eigenvalue weighted by molar-refractivity contribution is 5.83. The molecular weight excluding hydrogens is 296 g/mol. The summed E-state index contributed by atoms with van der Waals surface area (Å²) in [5.74, 6) is 0. The van der Waals surface area contributed by atoms with Gasteiger partial charge in [-0.2, -0.15) is 0 Å². The summed E-state index contributed by atoms with van der Waals surface area (Å²) in [6, 6.07) is 17.7. The van der Waals surface area contributed by atoms with Crippen LogP contribution in [0.4, 0.5) is 0 Å². The molecule has 0 aromatic carbocycles. The number of nitrogens with zero attached hydrogens (tertiary/aromatic N) is 4. The smallest absolute Gasteiger partial charge is 0.0892 e. The van der Waals surface area contributed by atoms with Gasteiger partial charge >= 0.3 is 0 Å². The van der Waals surface area contributed by atoms with E-state index < -0.39 is 0 Å². The first-order chi connectivity index (χ1) is 11.9. The normalized spacial score (nSPS) is 10.5. The summed E-state index contributed by atoms with van der Waals surface area (Å²) in [4.78, 5) is 17.6. The Morgan fingerprint density at radius 2 is 1.25 bits per heavy atom. The first-order valence-corrected chi connectivity index (χ1v) is 7.65. The van der Waals surface area contributed by atoms with Crippen molar-refractivity contribution < 1.29 is 0 Å². The van der Waals surface area contributed by atoms with Crippen molar-refractivity contribution in [3.05, 3.63) is 85.6 Å². The molecule has 0 radical (unpaired) electrons. The quantitative estimate of drug-likeness (QED) is 0.567. The minimum atomic E-state index is 0.835. The molecule has 0 fully saturated rings. The van der Waals surface area contributed by atoms with Crippen molar-refractivity contribution in [3.63, 3.8) is 0 Å². The molecule has 0 aliphatic heterocycles. The lowest BCUT2D eigenvalue weighted by Crippen LogP contribution is -1.93. The van der Waals surface area contributed by atoms with E-state index in [0.717, 1.165) is 33.8 Å². The zero-order chi connectivity index (χ0) is 16.2. The van der Waals surface area contributed by atoms with Gasteiger partial charge in [0.15, 0.2) is 0 Å². The lowest BCUT2D eigenvalue weighted by atomic mass is 9.98. The van der Waals surface area contributed by atoms with Gasteiger partial charge in [0.25, 0.3) is 0 Å². The molecule has 4 aromatic heterocycles. The summed E-state index contributed by atoms with van der Waals surface area (Å²) in [5.41, 5.74) is 5.70. The van der Waals surface area contributed by atoms with Crippen molar-refractivity contribution >= 4 is 0 Å². The number of pyridine rings is 4. The van der Waals surface area contributed by atoms with Crippen molar-refractivity contribution in [2.45, 2.75) is 0 Å². The lowest BCUT2D eigenvalue weighted by Gasteiger charge is -2.11. The van der Waals surface area contributed by atoms with Gasteiger partial charge in [-0.25, -0.2) is 0 Å². The molecule has 0 aliphatic rings. The van der Waals surface area contributed by atoms with Crippen LogP contribution >= 0.6 is 0 Å². The number of rotatable bonds is 3. The zero-order valence-electron chi connectivity index (χ0n) is 12.9. The second-order valence-electron chi connectivity index (χ2n) is 5.28. The monoisotopic (exact) mass is 310 g/mol. The summed E-state index contributed by atoms with van der Waals surface area (Å²) in [5, 5.41) is 0. The number of hydrogen-bond donors (Lipinski definition) is 0. The first kappa shape index (κ1) is 14.2. The predicted octanol–water partition coefficient (Wildman–Crippen LogP) is 4.27. The molecule has 0 atom stereocenters. The fraction of sp³-hybridized carbons (Fsp3) is 0. The van der Waals surface area contributed by atoms with Crippen LogP contribution in [-0.4, -0.2) is 19.9 Å². The van der Waals surface area contributed by atoms with Crippen molar-refractivity contribution in [1.82, 2.24) is 19.9 Å². The molecule has 0 saturated heterocycles. The summed E-state index contributed by atoms with van der Waals surface area (Å²) >= 11 is 0. The summed E-state index contributed by atoms with van der Waals surface area (Å²) in [6.45, 7) is 0. The van der Waals surface area contributed by atoms with Crippen LogP contribution in [-0.2, 0) is 0 Å². The van der Waals surface area contributed by atoms with E-state index >= 15 is 0 Å². The Kier molecular flexibility index (Phi) is 3.78. The van der Waals surface area contributed by atoms with Crippen LogP contribution in [0.1, 0.15) is 0 Å². The van der Waals surface area contributed by atoms with Gasteiger partial charge in [0.1, 0.15) is 0 Å². The van der Waals surface area contributed by atoms with Gasteiger partial charge in [0.05, 0.1) is 17.1 Å². The van der Waals surface area contributed by atoms with Crippen LogP contribution in [0.25, 0.3) is 33.8 Å². The Labute approximate surface area is 139 Å². The van der Waals surface area contributed by atoms with Gasteiger partial charge < -0.3 is 0 Å². The van der Waals surface area contributed by atoms with Gasteiger partial charge in [-0.15, -0.1) is 0 Å². The third-order valence-electron chi connectivity index (χ3n) is 3.76. The van der Waals surface area contributed by atoms with E-state index in [1.165, 1.54) is 0 Å².